The molecule has 0 saturated carbocycles. The van der Waals surface area contributed by atoms with Gasteiger partial charge in [-0.05, 0) is 88.7 Å². The van der Waals surface area contributed by atoms with Crippen molar-refractivity contribution in [3.63, 3.8) is 0 Å². The second kappa shape index (κ2) is 12.5. The van der Waals surface area contributed by atoms with Crippen molar-refractivity contribution in [3.05, 3.63) is 93.4 Å². The summed E-state index contributed by atoms with van der Waals surface area (Å²) in [4.78, 5) is 28.5. The van der Waals surface area contributed by atoms with E-state index in [1.54, 1.807) is 31.2 Å². The summed E-state index contributed by atoms with van der Waals surface area (Å²) in [5.74, 6) is -0.858. The number of nitrogens with zero attached hydrogens (tertiary/aromatic N) is 2. The van der Waals surface area contributed by atoms with Crippen LogP contribution in [0.1, 0.15) is 38.8 Å². The van der Waals surface area contributed by atoms with Crippen LogP contribution in [0.5, 0.6) is 0 Å². The Kier molecular flexibility index (Phi) is 9.85. The summed E-state index contributed by atoms with van der Waals surface area (Å²) in [7, 11) is -4.15. The van der Waals surface area contributed by atoms with E-state index in [1.807, 2.05) is 52.0 Å². The highest BCUT2D eigenvalue weighted by Gasteiger charge is 2.33. The van der Waals surface area contributed by atoms with E-state index in [0.29, 0.717) is 10.7 Å². The van der Waals surface area contributed by atoms with Crippen LogP contribution in [0.2, 0.25) is 5.02 Å². The third-order valence-corrected chi connectivity index (χ3v) is 8.50. The number of carbonyl (C=O) groups is 2. The molecule has 0 fully saturated rings. The molecule has 0 spiro atoms. The van der Waals surface area contributed by atoms with Crippen molar-refractivity contribution in [1.82, 2.24) is 10.2 Å². The molecule has 7 nitrogen and oxygen atoms in total. The van der Waals surface area contributed by atoms with Gasteiger partial charge in [-0.1, -0.05) is 57.4 Å². The van der Waals surface area contributed by atoms with Crippen LogP contribution in [0.3, 0.4) is 0 Å². The number of rotatable bonds is 9. The number of sulfonamides is 1. The first-order valence-electron chi connectivity index (χ1n) is 12.4. The van der Waals surface area contributed by atoms with Crippen molar-refractivity contribution in [2.24, 2.45) is 0 Å². The maximum atomic E-state index is 13.9. The van der Waals surface area contributed by atoms with Crippen LogP contribution in [-0.4, -0.2) is 43.3 Å². The number of halogens is 2. The van der Waals surface area contributed by atoms with Gasteiger partial charge < -0.3 is 10.2 Å². The van der Waals surface area contributed by atoms with Gasteiger partial charge in [0, 0.05) is 21.6 Å². The first-order valence-corrected chi connectivity index (χ1v) is 15.0. The molecule has 0 bridgehead atoms. The van der Waals surface area contributed by atoms with Crippen LogP contribution in [0.4, 0.5) is 5.69 Å². The number of nitrogens with one attached hydrogen (secondary N) is 1. The van der Waals surface area contributed by atoms with Gasteiger partial charge in [-0.3, -0.25) is 13.9 Å². The summed E-state index contributed by atoms with van der Waals surface area (Å²) in [6, 6.07) is 19.2. The maximum absolute atomic E-state index is 13.9. The van der Waals surface area contributed by atoms with Gasteiger partial charge in [0.05, 0.1) is 10.6 Å². The van der Waals surface area contributed by atoms with E-state index in [1.165, 1.54) is 29.2 Å². The van der Waals surface area contributed by atoms with Gasteiger partial charge in [-0.2, -0.15) is 0 Å². The molecule has 10 heteroatoms. The average Bonchev–Trinajstić information content (AvgIpc) is 2.86. The summed E-state index contributed by atoms with van der Waals surface area (Å²) in [6.45, 7) is 8.72. The molecule has 3 aromatic carbocycles. The van der Waals surface area contributed by atoms with E-state index >= 15 is 0 Å². The molecule has 0 aliphatic carbocycles. The Morgan fingerprint density at radius 3 is 2.05 bits per heavy atom. The van der Waals surface area contributed by atoms with Crippen LogP contribution in [0.25, 0.3) is 0 Å². The fourth-order valence-electron chi connectivity index (χ4n) is 3.82. The minimum Gasteiger partial charge on any atom is -0.350 e. The minimum atomic E-state index is -4.15. The zero-order chi connectivity index (χ0) is 29.0. The molecule has 3 rings (SSSR count). The lowest BCUT2D eigenvalue weighted by molar-refractivity contribution is -0.140. The van der Waals surface area contributed by atoms with Crippen molar-refractivity contribution in [2.45, 2.75) is 57.6 Å². The molecule has 0 heterocycles. The first-order chi connectivity index (χ1) is 18.2. The second-order valence-corrected chi connectivity index (χ2v) is 13.6. The third kappa shape index (κ3) is 8.30. The Bertz CT molecular complexity index is 1400. The predicted octanol–water partition coefficient (Wildman–Crippen LogP) is 5.94. The zero-order valence-corrected chi connectivity index (χ0v) is 25.8. The average molecular weight is 635 g/mol. The lowest BCUT2D eigenvalue weighted by Gasteiger charge is -2.33. The highest BCUT2D eigenvalue weighted by atomic mass is 79.9. The van der Waals surface area contributed by atoms with Gasteiger partial charge in [0.2, 0.25) is 11.8 Å². The quantitative estimate of drug-likeness (QED) is 0.316. The van der Waals surface area contributed by atoms with Gasteiger partial charge in [0.25, 0.3) is 10.0 Å². The van der Waals surface area contributed by atoms with Crippen molar-refractivity contribution in [1.29, 1.82) is 0 Å². The summed E-state index contributed by atoms with van der Waals surface area (Å²) in [5.41, 5.74) is 1.56. The number of amides is 2. The lowest BCUT2D eigenvalue weighted by atomic mass is 10.1. The monoisotopic (exact) mass is 633 g/mol. The highest BCUT2D eigenvalue weighted by molar-refractivity contribution is 9.10. The molecule has 39 heavy (non-hydrogen) atoms. The fourth-order valence-corrected chi connectivity index (χ4v) is 5.62. The second-order valence-electron chi connectivity index (χ2n) is 10.4. The topological polar surface area (TPSA) is 86.8 Å². The van der Waals surface area contributed by atoms with Crippen molar-refractivity contribution < 1.29 is 18.0 Å². The number of carbonyl (C=O) groups excluding carboxylic acids is 2. The van der Waals surface area contributed by atoms with Gasteiger partial charge in [-0.15, -0.1) is 0 Å². The summed E-state index contributed by atoms with van der Waals surface area (Å²) < 4.78 is 29.6. The SMILES string of the molecule is Cc1ccc(N(CC(=O)N(Cc2ccc(Br)cc2)[C@H](C)C(=O)NC(C)(C)C)S(=O)(=O)c2ccc(Cl)cc2)cc1. The molecular weight excluding hydrogens is 602 g/mol. The van der Waals surface area contributed by atoms with Gasteiger partial charge in [0.15, 0.2) is 0 Å². The summed E-state index contributed by atoms with van der Waals surface area (Å²) >= 11 is 9.40. The minimum absolute atomic E-state index is 0.00161. The maximum Gasteiger partial charge on any atom is 0.264 e. The number of hydrogen-bond acceptors (Lipinski definition) is 4. The first kappa shape index (κ1) is 30.7. The number of hydrogen-bond donors (Lipinski definition) is 1. The fraction of sp³-hybridized carbons (Fsp3) is 0.310. The third-order valence-electron chi connectivity index (χ3n) is 5.93. The smallest absolute Gasteiger partial charge is 0.264 e. The number of benzene rings is 3. The van der Waals surface area contributed by atoms with Crippen LogP contribution in [0.15, 0.2) is 82.2 Å². The Morgan fingerprint density at radius 2 is 1.51 bits per heavy atom. The van der Waals surface area contributed by atoms with E-state index in [0.717, 1.165) is 19.9 Å². The largest absolute Gasteiger partial charge is 0.350 e. The molecule has 1 atom stereocenters. The normalized spacial score (nSPS) is 12.5. The Hall–Kier alpha value is -2.88. The van der Waals surface area contributed by atoms with Crippen molar-refractivity contribution in [3.8, 4) is 0 Å². The van der Waals surface area contributed by atoms with Crippen molar-refractivity contribution >= 4 is 55.1 Å². The summed E-state index contributed by atoms with van der Waals surface area (Å²) in [6.07, 6.45) is 0. The predicted molar refractivity (Wildman–Crippen MR) is 159 cm³/mol. The molecule has 0 aliphatic heterocycles. The Labute approximate surface area is 244 Å². The van der Waals surface area contributed by atoms with Crippen LogP contribution in [-0.2, 0) is 26.2 Å². The van der Waals surface area contributed by atoms with E-state index in [4.69, 9.17) is 11.6 Å². The molecule has 2 amide bonds. The molecule has 208 valence electrons. The van der Waals surface area contributed by atoms with E-state index in [2.05, 4.69) is 21.2 Å². The molecular formula is C29H33BrClN3O4S. The molecule has 0 aromatic heterocycles. The number of aryl methyl sites for hydroxylation is 1. The van der Waals surface area contributed by atoms with E-state index in [-0.39, 0.29) is 17.3 Å². The van der Waals surface area contributed by atoms with Crippen LogP contribution >= 0.6 is 27.5 Å². The molecule has 0 aliphatic rings. The van der Waals surface area contributed by atoms with E-state index in [9.17, 15) is 18.0 Å². The van der Waals surface area contributed by atoms with Crippen LogP contribution < -0.4 is 9.62 Å². The Morgan fingerprint density at radius 1 is 0.949 bits per heavy atom. The molecule has 0 radical (unpaired) electrons. The summed E-state index contributed by atoms with van der Waals surface area (Å²) in [5, 5.41) is 3.31. The van der Waals surface area contributed by atoms with Gasteiger partial charge in [0.1, 0.15) is 12.6 Å². The van der Waals surface area contributed by atoms with Crippen LogP contribution in [0, 0.1) is 6.92 Å². The zero-order valence-electron chi connectivity index (χ0n) is 22.6. The lowest BCUT2D eigenvalue weighted by Crippen LogP contribution is -2.54. The Balaban J connectivity index is 2.02. The van der Waals surface area contributed by atoms with E-state index < -0.39 is 34.1 Å². The number of anilines is 1. The van der Waals surface area contributed by atoms with Gasteiger partial charge in [-0.25, -0.2) is 8.42 Å². The van der Waals surface area contributed by atoms with Gasteiger partial charge >= 0.3 is 0 Å². The molecule has 0 unspecified atom stereocenters. The molecule has 3 aromatic rings. The van der Waals surface area contributed by atoms with Crippen molar-refractivity contribution in [2.75, 3.05) is 10.8 Å². The highest BCUT2D eigenvalue weighted by Crippen LogP contribution is 2.26. The molecule has 0 saturated heterocycles. The standard InChI is InChI=1S/C29H33BrClN3O4S/c1-20-6-14-25(15-7-20)34(39(37,38)26-16-12-24(31)13-17-26)19-27(35)33(18-22-8-10-23(30)11-9-22)21(2)28(36)32-29(3,4)5/h6-17,21H,18-19H2,1-5H3,(H,32,36)/t21-/m1/s1. The molecule has 1 N–H and O–H groups in total.